The Kier molecular flexibility index (Phi) is 17.7. The molecule has 0 aliphatic rings. The summed E-state index contributed by atoms with van der Waals surface area (Å²) < 4.78 is 66.3. The molecular formula is C50H48N6O10S2. The zero-order valence-electron chi connectivity index (χ0n) is 37.4. The number of carbonyl (C=O) groups is 4. The summed E-state index contributed by atoms with van der Waals surface area (Å²) in [7, 11) is -8.54. The van der Waals surface area contributed by atoms with Crippen molar-refractivity contribution in [1.82, 2.24) is 0 Å². The quantitative estimate of drug-likeness (QED) is 0.0715. The molecule has 68 heavy (non-hydrogen) atoms. The molecule has 0 spiro atoms. The third kappa shape index (κ3) is 15.6. The normalized spacial score (nSPS) is 10.8. The second-order valence-electron chi connectivity index (χ2n) is 14.9. The minimum absolute atomic E-state index is 0.178. The van der Waals surface area contributed by atoms with Crippen LogP contribution in [0.3, 0.4) is 0 Å². The Balaban J connectivity index is 0.000000319. The number of carbonyl (C=O) groups excluding carboxylic acids is 4. The topological polar surface area (TPSA) is 239 Å². The number of amides is 4. The second kappa shape index (κ2) is 23.5. The van der Waals surface area contributed by atoms with Gasteiger partial charge in [-0.05, 0) is 137 Å². The zero-order valence-corrected chi connectivity index (χ0v) is 39.0. The van der Waals surface area contributed by atoms with Gasteiger partial charge in [0.05, 0.1) is 9.79 Å². The first-order valence-corrected chi connectivity index (χ1v) is 23.7. The average Bonchev–Trinajstić information content (AvgIpc) is 3.32. The summed E-state index contributed by atoms with van der Waals surface area (Å²) in [6, 6.07) is 38.4. The summed E-state index contributed by atoms with van der Waals surface area (Å²) in [4.78, 5) is 50.5. The van der Waals surface area contributed by atoms with E-state index in [9.17, 15) is 45.1 Å². The van der Waals surface area contributed by atoms with E-state index in [4.69, 9.17) is 0 Å². The predicted octanol–water partition coefficient (Wildman–Crippen LogP) is 7.11. The highest BCUT2D eigenvalue weighted by Gasteiger charge is 2.14. The summed E-state index contributed by atoms with van der Waals surface area (Å²) >= 11 is 0. The van der Waals surface area contributed by atoms with Gasteiger partial charge in [0.2, 0.25) is 0 Å². The number of aryl methyl sites for hydroxylation is 4. The Morgan fingerprint density at radius 2 is 0.676 bits per heavy atom. The molecule has 7 aromatic rings. The number of nitrogens with one attached hydrogen (secondary N) is 4. The van der Waals surface area contributed by atoms with E-state index in [1.165, 1.54) is 24.3 Å². The largest absolute Gasteiger partial charge is 0.744 e. The molecule has 7 rings (SSSR count). The number of nitrogens with zero attached hydrogens (tertiary/aromatic N) is 2. The van der Waals surface area contributed by atoms with Crippen LogP contribution in [0.4, 0.5) is 22.7 Å². The van der Waals surface area contributed by atoms with Crippen LogP contribution in [0.15, 0.2) is 180 Å². The van der Waals surface area contributed by atoms with Crippen LogP contribution in [0.5, 0.6) is 0 Å². The molecule has 0 fully saturated rings. The van der Waals surface area contributed by atoms with E-state index >= 15 is 0 Å². The molecular weight excluding hydrogens is 909 g/mol. The van der Waals surface area contributed by atoms with Crippen molar-refractivity contribution < 1.29 is 54.3 Å². The van der Waals surface area contributed by atoms with Crippen LogP contribution in [0.1, 0.15) is 66.4 Å². The van der Waals surface area contributed by atoms with Crippen molar-refractivity contribution in [3.8, 4) is 0 Å². The van der Waals surface area contributed by atoms with E-state index in [0.717, 1.165) is 24.2 Å². The summed E-state index contributed by atoms with van der Waals surface area (Å²) in [5.74, 6) is -1.22. The van der Waals surface area contributed by atoms with Crippen molar-refractivity contribution in [2.75, 3.05) is 21.3 Å². The fourth-order valence-corrected chi connectivity index (χ4v) is 6.93. The van der Waals surface area contributed by atoms with Crippen molar-refractivity contribution >= 4 is 66.6 Å². The van der Waals surface area contributed by atoms with E-state index in [-0.39, 0.29) is 33.4 Å². The van der Waals surface area contributed by atoms with Crippen LogP contribution in [0.25, 0.3) is 0 Å². The van der Waals surface area contributed by atoms with Gasteiger partial charge in [0, 0.05) is 45.8 Å². The molecule has 0 radical (unpaired) electrons. The number of hydrogen-bond donors (Lipinski definition) is 4. The van der Waals surface area contributed by atoms with E-state index in [2.05, 4.69) is 21.3 Å². The van der Waals surface area contributed by atoms with Crippen LogP contribution in [0.2, 0.25) is 0 Å². The lowest BCUT2D eigenvalue weighted by molar-refractivity contribution is -0.693. The third-order valence-electron chi connectivity index (χ3n) is 9.80. The Hall–Kier alpha value is -7.90. The fraction of sp³-hybridized carbons (Fsp3) is 0.120. The maximum absolute atomic E-state index is 12.8. The van der Waals surface area contributed by atoms with Gasteiger partial charge >= 0.3 is 0 Å². The van der Waals surface area contributed by atoms with E-state index < -0.39 is 20.2 Å². The molecule has 0 atom stereocenters. The molecule has 0 saturated carbocycles. The highest BCUT2D eigenvalue weighted by Crippen LogP contribution is 2.17. The molecule has 4 N–H and O–H groups in total. The molecule has 350 valence electrons. The summed E-state index contributed by atoms with van der Waals surface area (Å²) in [6.07, 6.45) is 7.56. The maximum Gasteiger partial charge on any atom is 0.255 e. The summed E-state index contributed by atoms with van der Waals surface area (Å²) in [5, 5.41) is 11.3. The predicted molar refractivity (Wildman–Crippen MR) is 254 cm³/mol. The zero-order chi connectivity index (χ0) is 49.4. The SMILES string of the molecule is CC[n+]1cccc(NC(=O)c2ccc(NC(=O)c3ccc(C(=O)Nc4ccc(C(=O)Nc5ccc[n+](CC)c5)cc4)cc3)cc2)c1.Cc1ccc(S(=O)(=O)[O-])cc1.Cc1ccc(S(=O)(=O)[O-])cc1. The maximum atomic E-state index is 12.8. The van der Waals surface area contributed by atoms with Crippen LogP contribution in [-0.2, 0) is 33.3 Å². The van der Waals surface area contributed by atoms with Gasteiger partial charge < -0.3 is 30.4 Å². The van der Waals surface area contributed by atoms with Gasteiger partial charge in [-0.25, -0.2) is 26.0 Å². The smallest absolute Gasteiger partial charge is 0.255 e. The molecule has 0 aliphatic heterocycles. The highest BCUT2D eigenvalue weighted by molar-refractivity contribution is 7.86. The minimum atomic E-state index is -4.27. The summed E-state index contributed by atoms with van der Waals surface area (Å²) in [6.45, 7) is 9.26. The second-order valence-corrected chi connectivity index (χ2v) is 17.7. The molecule has 16 nitrogen and oxygen atoms in total. The van der Waals surface area contributed by atoms with Gasteiger partial charge in [-0.1, -0.05) is 35.4 Å². The monoisotopic (exact) mass is 956 g/mol. The van der Waals surface area contributed by atoms with Crippen LogP contribution in [0, 0.1) is 13.8 Å². The molecule has 4 amide bonds. The van der Waals surface area contributed by atoms with Gasteiger partial charge in [0.25, 0.3) is 23.6 Å². The molecule has 2 aromatic heterocycles. The first kappa shape index (κ1) is 51.1. The van der Waals surface area contributed by atoms with Gasteiger partial charge in [-0.15, -0.1) is 0 Å². The molecule has 5 aromatic carbocycles. The van der Waals surface area contributed by atoms with Crippen LogP contribution < -0.4 is 30.4 Å². The van der Waals surface area contributed by atoms with E-state index in [0.29, 0.717) is 45.0 Å². The highest BCUT2D eigenvalue weighted by atomic mass is 32.2. The Bertz CT molecular complexity index is 2880. The van der Waals surface area contributed by atoms with E-state index in [1.54, 1.807) is 97.1 Å². The van der Waals surface area contributed by atoms with Crippen molar-refractivity contribution in [2.45, 2.75) is 50.6 Å². The van der Waals surface area contributed by atoms with Crippen molar-refractivity contribution in [2.24, 2.45) is 0 Å². The van der Waals surface area contributed by atoms with Gasteiger partial charge in [0.1, 0.15) is 44.7 Å². The van der Waals surface area contributed by atoms with Gasteiger partial charge in [-0.3, -0.25) is 19.2 Å². The lowest BCUT2D eigenvalue weighted by atomic mass is 10.1. The number of aromatic nitrogens is 2. The molecule has 2 heterocycles. The van der Waals surface area contributed by atoms with Crippen molar-refractivity contribution in [3.05, 3.63) is 204 Å². The number of hydrogen-bond acceptors (Lipinski definition) is 10. The average molecular weight is 957 g/mol. The molecule has 0 unspecified atom stereocenters. The first-order valence-electron chi connectivity index (χ1n) is 20.9. The Morgan fingerprint density at radius 1 is 0.412 bits per heavy atom. The lowest BCUT2D eigenvalue weighted by Crippen LogP contribution is -2.31. The fourth-order valence-electron chi connectivity index (χ4n) is 5.99. The van der Waals surface area contributed by atoms with Crippen LogP contribution >= 0.6 is 0 Å². The number of anilines is 4. The first-order chi connectivity index (χ1) is 32.3. The van der Waals surface area contributed by atoms with Crippen LogP contribution in [-0.4, -0.2) is 49.6 Å². The number of pyridine rings is 2. The van der Waals surface area contributed by atoms with Crippen molar-refractivity contribution in [3.63, 3.8) is 0 Å². The van der Waals surface area contributed by atoms with Gasteiger partial charge in [0.15, 0.2) is 24.8 Å². The Morgan fingerprint density at radius 3 is 0.941 bits per heavy atom. The van der Waals surface area contributed by atoms with Crippen molar-refractivity contribution in [1.29, 1.82) is 0 Å². The lowest BCUT2D eigenvalue weighted by Gasteiger charge is -2.09. The minimum Gasteiger partial charge on any atom is -0.744 e. The standard InChI is InChI=1S/C36H32N6O4.2C7H8O3S/c1-3-41-21-5-7-31(23-41)39-35(45)27-13-17-29(18-14-27)37-33(43)25-9-11-26(12-10-25)34(44)38-30-19-15-28(16-20-30)36(46)40-32-8-6-22-42(4-2)24-32;2*1-6-2-4-7(5-3-6)11(8,9)10/h5-24H,3-4H2,1-2H3,(H2-2,37,38,39,40,43,44,45,46);2*2-5H,1H3,(H,8,9,10). The van der Waals surface area contributed by atoms with Gasteiger partial charge in [-0.2, -0.15) is 0 Å². The number of rotatable bonds is 12. The number of benzene rings is 5. The van der Waals surface area contributed by atoms with E-state index in [1.807, 2.05) is 85.9 Å². The molecule has 0 saturated heterocycles. The molecule has 0 bridgehead atoms. The Labute approximate surface area is 394 Å². The molecule has 18 heteroatoms. The summed E-state index contributed by atoms with van der Waals surface area (Å²) in [5.41, 5.74) is 5.93. The third-order valence-corrected chi connectivity index (χ3v) is 11.5. The molecule has 0 aliphatic carbocycles.